The Labute approximate surface area is 169 Å². The van der Waals surface area contributed by atoms with Gasteiger partial charge in [-0.05, 0) is 75.2 Å². The minimum absolute atomic E-state index is 0.0592. The number of phenolic OH excluding ortho intramolecular Hbond substituents is 1. The summed E-state index contributed by atoms with van der Waals surface area (Å²) in [6.45, 7) is 5.91. The van der Waals surface area contributed by atoms with Crippen LogP contribution in [-0.2, 0) is 11.2 Å². The predicted octanol–water partition coefficient (Wildman–Crippen LogP) is 4.76. The van der Waals surface area contributed by atoms with Crippen LogP contribution in [0.2, 0.25) is 0 Å². The van der Waals surface area contributed by atoms with Gasteiger partial charge in [-0.1, -0.05) is 0 Å². The smallest absolute Gasteiger partial charge is 0.355 e. The van der Waals surface area contributed by atoms with Crippen LogP contribution >= 0.6 is 0 Å². The summed E-state index contributed by atoms with van der Waals surface area (Å²) in [6.07, 6.45) is 0.693. The Bertz CT molecular complexity index is 1060. The largest absolute Gasteiger partial charge is 0.508 e. The number of carbonyl (C=O) groups is 1. The zero-order valence-corrected chi connectivity index (χ0v) is 16.8. The summed E-state index contributed by atoms with van der Waals surface area (Å²) in [7, 11) is 0. The van der Waals surface area contributed by atoms with Crippen LogP contribution in [0.15, 0.2) is 42.5 Å². The molecule has 29 heavy (non-hydrogen) atoms. The van der Waals surface area contributed by atoms with Crippen LogP contribution in [0.4, 0.5) is 0 Å². The number of aromatic nitrogens is 1. The second-order valence-corrected chi connectivity index (χ2v) is 6.90. The molecule has 0 aliphatic carbocycles. The highest BCUT2D eigenvalue weighted by atomic mass is 16.5. The molecule has 3 rings (SSSR count). The number of hydrogen-bond donors (Lipinski definition) is 1. The average Bonchev–Trinajstić information content (AvgIpc) is 3.00. The van der Waals surface area contributed by atoms with E-state index in [0.29, 0.717) is 17.7 Å². The van der Waals surface area contributed by atoms with Crippen molar-refractivity contribution in [1.29, 1.82) is 5.26 Å². The Morgan fingerprint density at radius 3 is 2.55 bits per heavy atom. The Kier molecular flexibility index (Phi) is 6.08. The van der Waals surface area contributed by atoms with E-state index in [-0.39, 0.29) is 24.9 Å². The number of ether oxygens (including phenoxy) is 2. The first-order valence-electron chi connectivity index (χ1n) is 9.63. The average molecular weight is 392 g/mol. The number of esters is 1. The molecule has 0 bridgehead atoms. The van der Waals surface area contributed by atoms with Crippen molar-refractivity contribution in [3.63, 3.8) is 0 Å². The van der Waals surface area contributed by atoms with Gasteiger partial charge in [-0.2, -0.15) is 5.26 Å². The molecule has 0 saturated carbocycles. The summed E-state index contributed by atoms with van der Waals surface area (Å²) >= 11 is 0. The van der Waals surface area contributed by atoms with Gasteiger partial charge in [-0.3, -0.25) is 0 Å². The summed E-state index contributed by atoms with van der Waals surface area (Å²) in [5, 5.41) is 19.8. The molecule has 0 atom stereocenters. The third-order valence-corrected chi connectivity index (χ3v) is 4.48. The van der Waals surface area contributed by atoms with E-state index >= 15 is 0 Å². The third-order valence-electron chi connectivity index (χ3n) is 4.48. The van der Waals surface area contributed by atoms with Gasteiger partial charge in [0.2, 0.25) is 0 Å². The van der Waals surface area contributed by atoms with E-state index in [0.717, 1.165) is 22.3 Å². The van der Waals surface area contributed by atoms with E-state index in [1.165, 1.54) is 0 Å². The van der Waals surface area contributed by atoms with Crippen LogP contribution in [0.3, 0.4) is 0 Å². The Morgan fingerprint density at radius 2 is 1.93 bits per heavy atom. The first kappa shape index (κ1) is 20.3. The van der Waals surface area contributed by atoms with Crippen molar-refractivity contribution in [2.75, 3.05) is 6.61 Å². The molecule has 2 aromatic carbocycles. The maximum absolute atomic E-state index is 12.9. The molecule has 0 saturated heterocycles. The highest BCUT2D eigenvalue weighted by Gasteiger charge is 2.25. The van der Waals surface area contributed by atoms with Crippen LogP contribution in [0, 0.1) is 11.3 Å². The van der Waals surface area contributed by atoms with Gasteiger partial charge in [0.15, 0.2) is 0 Å². The minimum atomic E-state index is -0.460. The first-order valence-corrected chi connectivity index (χ1v) is 9.63. The normalized spacial score (nSPS) is 10.9. The number of rotatable bonds is 7. The van der Waals surface area contributed by atoms with Gasteiger partial charge in [0.25, 0.3) is 0 Å². The van der Waals surface area contributed by atoms with Crippen LogP contribution in [-0.4, -0.2) is 28.4 Å². The lowest BCUT2D eigenvalue weighted by atomic mass is 10.1. The van der Waals surface area contributed by atoms with Gasteiger partial charge < -0.3 is 19.1 Å². The fourth-order valence-corrected chi connectivity index (χ4v) is 3.41. The Morgan fingerprint density at radius 1 is 1.21 bits per heavy atom. The number of hydrogen-bond acceptors (Lipinski definition) is 5. The minimum Gasteiger partial charge on any atom is -0.508 e. The van der Waals surface area contributed by atoms with Gasteiger partial charge in [0.1, 0.15) is 17.2 Å². The van der Waals surface area contributed by atoms with E-state index < -0.39 is 5.97 Å². The summed E-state index contributed by atoms with van der Waals surface area (Å²) in [6, 6.07) is 14.6. The molecule has 0 spiro atoms. The van der Waals surface area contributed by atoms with Gasteiger partial charge in [0.05, 0.1) is 24.3 Å². The first-order chi connectivity index (χ1) is 14.0. The highest BCUT2D eigenvalue weighted by Crippen LogP contribution is 2.34. The number of nitriles is 1. The molecule has 1 N–H and O–H groups in total. The monoisotopic (exact) mass is 392 g/mol. The molecule has 0 amide bonds. The molecular weight excluding hydrogens is 368 g/mol. The molecule has 1 aromatic heterocycles. The fourth-order valence-electron chi connectivity index (χ4n) is 3.41. The number of aromatic hydroxyl groups is 1. The molecule has 0 aliphatic heterocycles. The van der Waals surface area contributed by atoms with Crippen molar-refractivity contribution in [3.05, 3.63) is 53.7 Å². The van der Waals surface area contributed by atoms with Crippen molar-refractivity contribution in [1.82, 2.24) is 4.57 Å². The summed E-state index contributed by atoms with van der Waals surface area (Å²) in [4.78, 5) is 12.9. The number of fused-ring (bicyclic) bond motifs is 1. The number of carbonyl (C=O) groups excluding carboxylic acids is 1. The number of nitrogens with zero attached hydrogens (tertiary/aromatic N) is 2. The number of phenols is 1. The van der Waals surface area contributed by atoms with Crippen LogP contribution in [0.25, 0.3) is 16.6 Å². The zero-order chi connectivity index (χ0) is 21.0. The molecule has 6 nitrogen and oxygen atoms in total. The molecule has 0 radical (unpaired) electrons. The molecule has 0 fully saturated rings. The molecule has 0 unspecified atom stereocenters. The van der Waals surface area contributed by atoms with E-state index in [1.54, 1.807) is 25.1 Å². The molecule has 150 valence electrons. The summed E-state index contributed by atoms with van der Waals surface area (Å²) in [5.74, 6) is 0.378. The van der Waals surface area contributed by atoms with Gasteiger partial charge in [-0.25, -0.2) is 4.79 Å². The van der Waals surface area contributed by atoms with Crippen LogP contribution in [0.1, 0.15) is 43.2 Å². The van der Waals surface area contributed by atoms with Gasteiger partial charge in [0, 0.05) is 17.5 Å². The SMILES string of the molecule is CCOC(=O)c1c(CCC#N)c2cc(O)ccc2n1-c1ccc(OC(C)C)cc1. The van der Waals surface area contributed by atoms with Crippen molar-refractivity contribution >= 4 is 16.9 Å². The number of aryl methyl sites for hydroxylation is 1. The molecule has 1 heterocycles. The molecule has 6 heteroatoms. The highest BCUT2D eigenvalue weighted by molar-refractivity contribution is 6.01. The van der Waals surface area contributed by atoms with E-state index in [4.69, 9.17) is 14.7 Å². The lowest BCUT2D eigenvalue weighted by Crippen LogP contribution is -2.13. The third kappa shape index (κ3) is 4.19. The lowest BCUT2D eigenvalue weighted by molar-refractivity contribution is 0.0516. The van der Waals surface area contributed by atoms with Gasteiger partial charge >= 0.3 is 5.97 Å². The zero-order valence-electron chi connectivity index (χ0n) is 16.8. The maximum Gasteiger partial charge on any atom is 0.355 e. The number of benzene rings is 2. The Balaban J connectivity index is 2.25. The second-order valence-electron chi connectivity index (χ2n) is 6.90. The second kappa shape index (κ2) is 8.70. The Hall–Kier alpha value is -3.46. The predicted molar refractivity (Wildman–Crippen MR) is 111 cm³/mol. The van der Waals surface area contributed by atoms with E-state index in [1.807, 2.05) is 42.7 Å². The van der Waals surface area contributed by atoms with Gasteiger partial charge in [-0.15, -0.1) is 0 Å². The topological polar surface area (TPSA) is 84.5 Å². The summed E-state index contributed by atoms with van der Waals surface area (Å²) < 4.78 is 12.8. The van der Waals surface area contributed by atoms with E-state index in [2.05, 4.69) is 6.07 Å². The molecule has 3 aromatic rings. The van der Waals surface area contributed by atoms with E-state index in [9.17, 15) is 9.90 Å². The standard InChI is InChI=1S/C23H24N2O4/c1-4-28-23(27)22-19(6-5-13-24)20-14-17(26)9-12-21(20)25(22)16-7-10-18(11-8-16)29-15(2)3/h7-12,14-15,26H,4-6H2,1-3H3. The summed E-state index contributed by atoms with van der Waals surface area (Å²) in [5.41, 5.74) is 2.60. The van der Waals surface area contributed by atoms with Crippen LogP contribution < -0.4 is 4.74 Å². The van der Waals surface area contributed by atoms with Crippen molar-refractivity contribution in [3.8, 4) is 23.3 Å². The van der Waals surface area contributed by atoms with Crippen LogP contribution in [0.5, 0.6) is 11.5 Å². The molecular formula is C23H24N2O4. The van der Waals surface area contributed by atoms with Crippen molar-refractivity contribution in [2.45, 2.75) is 39.7 Å². The molecule has 0 aliphatic rings. The quantitative estimate of drug-likeness (QED) is 0.586. The van der Waals surface area contributed by atoms with Crippen molar-refractivity contribution in [2.24, 2.45) is 0 Å². The van der Waals surface area contributed by atoms with Crippen molar-refractivity contribution < 1.29 is 19.4 Å². The lowest BCUT2D eigenvalue weighted by Gasteiger charge is -2.13. The fraction of sp³-hybridized carbons (Fsp3) is 0.304. The maximum atomic E-state index is 12.9.